The Morgan fingerprint density at radius 2 is 1.81 bits per heavy atom. The van der Waals surface area contributed by atoms with E-state index in [2.05, 4.69) is 62.7 Å². The van der Waals surface area contributed by atoms with Crippen LogP contribution in [0.5, 0.6) is 0 Å². The Labute approximate surface area is 132 Å². The van der Waals surface area contributed by atoms with Gasteiger partial charge in [-0.15, -0.1) is 11.3 Å². The molecule has 0 aliphatic heterocycles. The number of nitrogens with zero attached hydrogens (tertiary/aromatic N) is 1. The van der Waals surface area contributed by atoms with E-state index in [1.165, 1.54) is 16.1 Å². The van der Waals surface area contributed by atoms with Crippen LogP contribution in [0.1, 0.15) is 44.2 Å². The van der Waals surface area contributed by atoms with Crippen molar-refractivity contribution in [3.8, 4) is 11.3 Å². The summed E-state index contributed by atoms with van der Waals surface area (Å²) < 4.78 is 0. The summed E-state index contributed by atoms with van der Waals surface area (Å²) >= 11 is 1.76. The van der Waals surface area contributed by atoms with Crippen LogP contribution >= 0.6 is 11.3 Å². The molecule has 0 radical (unpaired) electrons. The largest absolute Gasteiger partial charge is 0.316 e. The first-order chi connectivity index (χ1) is 10.1. The summed E-state index contributed by atoms with van der Waals surface area (Å²) in [6.07, 6.45) is 1.02. The molecule has 1 aromatic heterocycles. The van der Waals surface area contributed by atoms with Crippen LogP contribution in [0.4, 0.5) is 0 Å². The van der Waals surface area contributed by atoms with Crippen LogP contribution in [0.15, 0.2) is 29.6 Å². The first-order valence-electron chi connectivity index (χ1n) is 7.81. The van der Waals surface area contributed by atoms with Crippen LogP contribution in [-0.4, -0.2) is 18.1 Å². The van der Waals surface area contributed by atoms with Gasteiger partial charge in [-0.25, -0.2) is 4.98 Å². The van der Waals surface area contributed by atoms with E-state index in [4.69, 9.17) is 4.98 Å². The third-order valence-electron chi connectivity index (χ3n) is 3.49. The minimum absolute atomic E-state index is 0.581. The fourth-order valence-electron chi connectivity index (χ4n) is 2.18. The van der Waals surface area contributed by atoms with Crippen LogP contribution in [-0.2, 0) is 6.42 Å². The zero-order chi connectivity index (χ0) is 15.2. The van der Waals surface area contributed by atoms with E-state index < -0.39 is 0 Å². The van der Waals surface area contributed by atoms with Gasteiger partial charge in [0.15, 0.2) is 0 Å². The topological polar surface area (TPSA) is 24.9 Å². The van der Waals surface area contributed by atoms with Crippen LogP contribution in [0.2, 0.25) is 0 Å². The number of hydrogen-bond donors (Lipinski definition) is 1. The molecule has 1 aromatic carbocycles. The lowest BCUT2D eigenvalue weighted by atomic mass is 10.0. The van der Waals surface area contributed by atoms with Crippen LogP contribution in [0.3, 0.4) is 0 Å². The van der Waals surface area contributed by atoms with Crippen molar-refractivity contribution >= 4 is 11.3 Å². The molecule has 3 heteroatoms. The highest BCUT2D eigenvalue weighted by Crippen LogP contribution is 2.24. The van der Waals surface area contributed by atoms with E-state index in [-0.39, 0.29) is 0 Å². The maximum absolute atomic E-state index is 4.75. The Bertz CT molecular complexity index is 541. The van der Waals surface area contributed by atoms with E-state index in [0.717, 1.165) is 25.2 Å². The third-order valence-corrected chi connectivity index (χ3v) is 4.40. The highest BCUT2D eigenvalue weighted by atomic mass is 32.1. The van der Waals surface area contributed by atoms with E-state index in [9.17, 15) is 0 Å². The second kappa shape index (κ2) is 7.71. The molecule has 0 aliphatic rings. The maximum atomic E-state index is 4.75. The molecule has 0 unspecified atom stereocenters. The Morgan fingerprint density at radius 1 is 1.10 bits per heavy atom. The van der Waals surface area contributed by atoms with Gasteiger partial charge in [-0.2, -0.15) is 0 Å². The van der Waals surface area contributed by atoms with Gasteiger partial charge in [0.2, 0.25) is 0 Å². The minimum Gasteiger partial charge on any atom is -0.316 e. The second-order valence-corrected chi connectivity index (χ2v) is 7.19. The molecule has 21 heavy (non-hydrogen) atoms. The molecule has 2 nitrogen and oxygen atoms in total. The van der Waals surface area contributed by atoms with E-state index in [0.29, 0.717) is 11.8 Å². The normalized spacial score (nSPS) is 11.5. The van der Waals surface area contributed by atoms with E-state index in [1.807, 2.05) is 0 Å². The maximum Gasteiger partial charge on any atom is 0.0945 e. The molecule has 0 fully saturated rings. The third kappa shape index (κ3) is 4.94. The summed E-state index contributed by atoms with van der Waals surface area (Å²) in [4.78, 5) is 4.75. The van der Waals surface area contributed by atoms with Gasteiger partial charge in [0, 0.05) is 23.9 Å². The fraction of sp³-hybridized carbons (Fsp3) is 0.500. The molecule has 1 N–H and O–H groups in total. The summed E-state index contributed by atoms with van der Waals surface area (Å²) in [5.41, 5.74) is 3.71. The van der Waals surface area contributed by atoms with Gasteiger partial charge in [-0.05, 0) is 23.9 Å². The van der Waals surface area contributed by atoms with Crippen molar-refractivity contribution in [1.82, 2.24) is 10.3 Å². The van der Waals surface area contributed by atoms with Crippen molar-refractivity contribution in [2.75, 3.05) is 13.1 Å². The predicted molar refractivity (Wildman–Crippen MR) is 93.1 cm³/mol. The summed E-state index contributed by atoms with van der Waals surface area (Å²) in [6, 6.07) is 8.79. The number of rotatable bonds is 7. The standard InChI is InChI=1S/C18H26N2S/c1-13(2)11-19-10-9-18-20-17(12-21-18)16-7-5-15(6-8-16)14(3)4/h5-8,12-14,19H,9-11H2,1-4H3. The molecular weight excluding hydrogens is 276 g/mol. The summed E-state index contributed by atoms with van der Waals surface area (Å²) in [5.74, 6) is 1.29. The van der Waals surface area contributed by atoms with Crippen molar-refractivity contribution in [3.05, 3.63) is 40.2 Å². The minimum atomic E-state index is 0.581. The Hall–Kier alpha value is -1.19. The zero-order valence-electron chi connectivity index (χ0n) is 13.5. The van der Waals surface area contributed by atoms with Gasteiger partial charge in [-0.3, -0.25) is 0 Å². The molecule has 2 rings (SSSR count). The van der Waals surface area contributed by atoms with E-state index >= 15 is 0 Å². The number of hydrogen-bond acceptors (Lipinski definition) is 3. The second-order valence-electron chi connectivity index (χ2n) is 6.25. The SMILES string of the molecule is CC(C)CNCCc1nc(-c2ccc(C(C)C)cc2)cs1. The Kier molecular flexibility index (Phi) is 5.95. The van der Waals surface area contributed by atoms with Gasteiger partial charge in [0.1, 0.15) is 0 Å². The molecule has 0 amide bonds. The van der Waals surface area contributed by atoms with Gasteiger partial charge in [0.25, 0.3) is 0 Å². The fourth-order valence-corrected chi connectivity index (χ4v) is 2.99. The monoisotopic (exact) mass is 302 g/mol. The summed E-state index contributed by atoms with van der Waals surface area (Å²) in [7, 11) is 0. The van der Waals surface area contributed by atoms with Crippen LogP contribution in [0.25, 0.3) is 11.3 Å². The molecule has 0 spiro atoms. The summed E-state index contributed by atoms with van der Waals surface area (Å²) in [6.45, 7) is 11.0. The molecule has 0 bridgehead atoms. The van der Waals surface area contributed by atoms with Crippen molar-refractivity contribution in [1.29, 1.82) is 0 Å². The average Bonchev–Trinajstić information content (AvgIpc) is 2.92. The molecule has 2 aromatic rings. The molecular formula is C18H26N2S. The van der Waals surface area contributed by atoms with Gasteiger partial charge in [-0.1, -0.05) is 52.0 Å². The molecule has 0 saturated carbocycles. The predicted octanol–water partition coefficient (Wildman–Crippen LogP) is 4.72. The first kappa shape index (κ1) is 16.2. The number of nitrogens with one attached hydrogen (secondary N) is 1. The summed E-state index contributed by atoms with van der Waals surface area (Å²) in [5, 5.41) is 6.85. The van der Waals surface area contributed by atoms with Crippen molar-refractivity contribution in [2.24, 2.45) is 5.92 Å². The Morgan fingerprint density at radius 3 is 2.43 bits per heavy atom. The molecule has 1 heterocycles. The van der Waals surface area contributed by atoms with Gasteiger partial charge in [0.05, 0.1) is 10.7 Å². The lowest BCUT2D eigenvalue weighted by Gasteiger charge is -2.06. The van der Waals surface area contributed by atoms with Gasteiger partial charge >= 0.3 is 0 Å². The Balaban J connectivity index is 1.93. The van der Waals surface area contributed by atoms with Crippen LogP contribution < -0.4 is 5.32 Å². The zero-order valence-corrected chi connectivity index (χ0v) is 14.3. The highest BCUT2D eigenvalue weighted by molar-refractivity contribution is 7.09. The highest BCUT2D eigenvalue weighted by Gasteiger charge is 2.06. The van der Waals surface area contributed by atoms with Crippen molar-refractivity contribution in [2.45, 2.75) is 40.0 Å². The first-order valence-corrected chi connectivity index (χ1v) is 8.69. The lowest BCUT2D eigenvalue weighted by Crippen LogP contribution is -2.22. The van der Waals surface area contributed by atoms with E-state index in [1.54, 1.807) is 11.3 Å². The number of thiazole rings is 1. The average molecular weight is 302 g/mol. The smallest absolute Gasteiger partial charge is 0.0945 e. The quantitative estimate of drug-likeness (QED) is 0.748. The lowest BCUT2D eigenvalue weighted by molar-refractivity contribution is 0.554. The molecule has 0 saturated heterocycles. The molecule has 0 aliphatic carbocycles. The molecule has 0 atom stereocenters. The molecule has 114 valence electrons. The number of aromatic nitrogens is 1. The van der Waals surface area contributed by atoms with Gasteiger partial charge < -0.3 is 5.32 Å². The van der Waals surface area contributed by atoms with Crippen LogP contribution in [0, 0.1) is 5.92 Å². The van der Waals surface area contributed by atoms with Crippen molar-refractivity contribution in [3.63, 3.8) is 0 Å². The van der Waals surface area contributed by atoms with Crippen molar-refractivity contribution < 1.29 is 0 Å². The number of benzene rings is 1.